The zero-order valence-electron chi connectivity index (χ0n) is 11.4. The molecule has 2 aliphatic heterocycles. The van der Waals surface area contributed by atoms with Gasteiger partial charge in [0.25, 0.3) is 0 Å². The van der Waals surface area contributed by atoms with Crippen LogP contribution in [0.15, 0.2) is 0 Å². The van der Waals surface area contributed by atoms with Gasteiger partial charge in [0.1, 0.15) is 0 Å². The van der Waals surface area contributed by atoms with Gasteiger partial charge in [0, 0.05) is 13.2 Å². The van der Waals surface area contributed by atoms with Crippen LogP contribution >= 0.6 is 0 Å². The van der Waals surface area contributed by atoms with Crippen LogP contribution in [-0.4, -0.2) is 25.4 Å². The Morgan fingerprint density at radius 2 is 1.00 bits per heavy atom. The highest BCUT2D eigenvalue weighted by atomic mass is 16.5. The number of ether oxygens (including phenoxy) is 2. The van der Waals surface area contributed by atoms with E-state index in [1.54, 1.807) is 0 Å². The Morgan fingerprint density at radius 3 is 1.19 bits per heavy atom. The van der Waals surface area contributed by atoms with E-state index in [0.717, 1.165) is 25.0 Å². The predicted octanol–water partition coefficient (Wildman–Crippen LogP) is 3.64. The van der Waals surface area contributed by atoms with Gasteiger partial charge < -0.3 is 9.47 Å². The summed E-state index contributed by atoms with van der Waals surface area (Å²) >= 11 is 0. The molecule has 0 saturated carbocycles. The van der Waals surface area contributed by atoms with Crippen LogP contribution in [0, 0.1) is 11.8 Å². The summed E-state index contributed by atoms with van der Waals surface area (Å²) in [5.74, 6) is 1.59. The SMILES string of the molecule is CC1CC[C@@H](C)CO1.CC1CC[C@@H](C)OC1. The summed E-state index contributed by atoms with van der Waals surface area (Å²) in [5, 5.41) is 0. The summed E-state index contributed by atoms with van der Waals surface area (Å²) in [5.41, 5.74) is 0. The fourth-order valence-electron chi connectivity index (χ4n) is 2.03. The summed E-state index contributed by atoms with van der Waals surface area (Å²) in [4.78, 5) is 0. The van der Waals surface area contributed by atoms with Crippen molar-refractivity contribution >= 4 is 0 Å². The molecule has 0 amide bonds. The van der Waals surface area contributed by atoms with Crippen molar-refractivity contribution in [2.24, 2.45) is 11.8 Å². The highest BCUT2D eigenvalue weighted by Gasteiger charge is 2.14. The molecular weight excluding hydrogens is 200 g/mol. The van der Waals surface area contributed by atoms with Crippen molar-refractivity contribution in [3.05, 3.63) is 0 Å². The van der Waals surface area contributed by atoms with E-state index >= 15 is 0 Å². The molecule has 2 aliphatic rings. The van der Waals surface area contributed by atoms with Crippen molar-refractivity contribution in [1.29, 1.82) is 0 Å². The second-order valence-corrected chi connectivity index (χ2v) is 5.65. The summed E-state index contributed by atoms with van der Waals surface area (Å²) in [6.07, 6.45) is 6.24. The molecule has 2 unspecified atom stereocenters. The van der Waals surface area contributed by atoms with E-state index in [0.29, 0.717) is 12.2 Å². The summed E-state index contributed by atoms with van der Waals surface area (Å²) < 4.78 is 10.8. The zero-order chi connectivity index (χ0) is 12.0. The molecule has 2 heterocycles. The monoisotopic (exact) mass is 228 g/mol. The average Bonchev–Trinajstić information content (AvgIpc) is 2.28. The third-order valence-corrected chi connectivity index (χ3v) is 3.46. The minimum Gasteiger partial charge on any atom is -0.378 e. The van der Waals surface area contributed by atoms with E-state index in [9.17, 15) is 0 Å². The highest BCUT2D eigenvalue weighted by Crippen LogP contribution is 2.17. The minimum atomic E-state index is 0.520. The van der Waals surface area contributed by atoms with Crippen LogP contribution in [0.4, 0.5) is 0 Å². The van der Waals surface area contributed by atoms with E-state index in [2.05, 4.69) is 27.7 Å². The van der Waals surface area contributed by atoms with Gasteiger partial charge in [-0.2, -0.15) is 0 Å². The molecule has 0 bridgehead atoms. The van der Waals surface area contributed by atoms with Crippen LogP contribution in [0.2, 0.25) is 0 Å². The third-order valence-electron chi connectivity index (χ3n) is 3.46. The Morgan fingerprint density at radius 1 is 0.625 bits per heavy atom. The van der Waals surface area contributed by atoms with Crippen LogP contribution in [0.3, 0.4) is 0 Å². The molecule has 16 heavy (non-hydrogen) atoms. The summed E-state index contributed by atoms with van der Waals surface area (Å²) in [6.45, 7) is 10.7. The first kappa shape index (κ1) is 14.0. The molecule has 0 aromatic carbocycles. The lowest BCUT2D eigenvalue weighted by molar-refractivity contribution is 0.000174. The lowest BCUT2D eigenvalue weighted by Gasteiger charge is -2.23. The molecule has 0 radical (unpaired) electrons. The van der Waals surface area contributed by atoms with Gasteiger partial charge in [0.2, 0.25) is 0 Å². The van der Waals surface area contributed by atoms with Crippen LogP contribution in [-0.2, 0) is 9.47 Å². The second-order valence-electron chi connectivity index (χ2n) is 5.65. The first-order valence-corrected chi connectivity index (χ1v) is 6.81. The van der Waals surface area contributed by atoms with E-state index in [4.69, 9.17) is 9.47 Å². The van der Waals surface area contributed by atoms with Crippen LogP contribution in [0.5, 0.6) is 0 Å². The third kappa shape index (κ3) is 5.86. The quantitative estimate of drug-likeness (QED) is 0.630. The molecule has 2 fully saturated rings. The van der Waals surface area contributed by atoms with Crippen LogP contribution in [0.1, 0.15) is 53.4 Å². The largest absolute Gasteiger partial charge is 0.378 e. The first-order chi connectivity index (χ1) is 7.58. The van der Waals surface area contributed by atoms with E-state index in [-0.39, 0.29) is 0 Å². The Hall–Kier alpha value is -0.0800. The Bertz CT molecular complexity index is 126. The van der Waals surface area contributed by atoms with Crippen LogP contribution < -0.4 is 0 Å². The van der Waals surface area contributed by atoms with Gasteiger partial charge in [-0.1, -0.05) is 13.8 Å². The molecule has 0 N–H and O–H groups in total. The maximum absolute atomic E-state index is 5.39. The van der Waals surface area contributed by atoms with Crippen molar-refractivity contribution in [2.75, 3.05) is 13.2 Å². The molecule has 2 saturated heterocycles. The van der Waals surface area contributed by atoms with Gasteiger partial charge in [-0.25, -0.2) is 0 Å². The maximum Gasteiger partial charge on any atom is 0.0547 e. The van der Waals surface area contributed by atoms with Gasteiger partial charge in [-0.05, 0) is 51.4 Å². The Labute approximate surface area is 101 Å². The highest BCUT2D eigenvalue weighted by molar-refractivity contribution is 4.63. The van der Waals surface area contributed by atoms with Crippen molar-refractivity contribution in [3.63, 3.8) is 0 Å². The molecule has 0 spiro atoms. The van der Waals surface area contributed by atoms with Crippen molar-refractivity contribution < 1.29 is 9.47 Å². The van der Waals surface area contributed by atoms with Crippen molar-refractivity contribution in [3.8, 4) is 0 Å². The molecule has 2 nitrogen and oxygen atoms in total. The second kappa shape index (κ2) is 7.29. The average molecular weight is 228 g/mol. The normalized spacial score (nSPS) is 39.8. The van der Waals surface area contributed by atoms with E-state index in [1.165, 1.54) is 25.7 Å². The summed E-state index contributed by atoms with van der Waals surface area (Å²) in [6, 6.07) is 0. The van der Waals surface area contributed by atoms with Gasteiger partial charge in [-0.15, -0.1) is 0 Å². The molecule has 4 atom stereocenters. The molecular formula is C14H28O2. The Kier molecular flexibility index (Phi) is 6.37. The maximum atomic E-state index is 5.39. The van der Waals surface area contributed by atoms with Gasteiger partial charge in [0.15, 0.2) is 0 Å². The smallest absolute Gasteiger partial charge is 0.0547 e. The number of hydrogen-bond acceptors (Lipinski definition) is 2. The van der Waals surface area contributed by atoms with E-state index in [1.807, 2.05) is 0 Å². The van der Waals surface area contributed by atoms with Crippen molar-refractivity contribution in [2.45, 2.75) is 65.6 Å². The van der Waals surface area contributed by atoms with Gasteiger partial charge in [0.05, 0.1) is 12.2 Å². The summed E-state index contributed by atoms with van der Waals surface area (Å²) in [7, 11) is 0. The van der Waals surface area contributed by atoms with Gasteiger partial charge >= 0.3 is 0 Å². The molecule has 0 aromatic heterocycles. The Balaban J connectivity index is 0.000000160. The molecule has 0 aromatic rings. The lowest BCUT2D eigenvalue weighted by Crippen LogP contribution is -2.21. The van der Waals surface area contributed by atoms with Crippen LogP contribution in [0.25, 0.3) is 0 Å². The fraction of sp³-hybridized carbons (Fsp3) is 1.00. The molecule has 96 valence electrons. The topological polar surface area (TPSA) is 18.5 Å². The lowest BCUT2D eigenvalue weighted by atomic mass is 10.0. The zero-order valence-corrected chi connectivity index (χ0v) is 11.4. The minimum absolute atomic E-state index is 0.520. The van der Waals surface area contributed by atoms with Crippen molar-refractivity contribution in [1.82, 2.24) is 0 Å². The number of rotatable bonds is 0. The molecule has 2 heteroatoms. The number of hydrogen-bond donors (Lipinski definition) is 0. The van der Waals surface area contributed by atoms with Gasteiger partial charge in [-0.3, -0.25) is 0 Å². The first-order valence-electron chi connectivity index (χ1n) is 6.81. The molecule has 2 rings (SSSR count). The fourth-order valence-corrected chi connectivity index (χ4v) is 2.03. The standard InChI is InChI=1S/2C7H14O/c2*1-6-3-4-7(2)8-5-6/h2*6-7H,3-5H2,1-2H3/t6?,7-;6-,7?/m11/s1. The molecule has 0 aliphatic carbocycles. The predicted molar refractivity (Wildman–Crippen MR) is 67.6 cm³/mol. The van der Waals surface area contributed by atoms with E-state index < -0.39 is 0 Å².